The van der Waals surface area contributed by atoms with Gasteiger partial charge in [-0.05, 0) is 51.5 Å². The van der Waals surface area contributed by atoms with Crippen LogP contribution in [0.2, 0.25) is 0 Å². The number of rotatable bonds is 8. The van der Waals surface area contributed by atoms with E-state index in [9.17, 15) is 14.4 Å². The van der Waals surface area contributed by atoms with Gasteiger partial charge >= 0.3 is 6.09 Å². The van der Waals surface area contributed by atoms with Crippen LogP contribution in [0.5, 0.6) is 0 Å². The Bertz CT molecular complexity index is 680. The topological polar surface area (TPSA) is 87.7 Å². The number of hydrogen-bond donors (Lipinski definition) is 2. The van der Waals surface area contributed by atoms with Gasteiger partial charge in [0, 0.05) is 25.3 Å². The molecule has 0 aromatic heterocycles. The SMILES string of the molecule is C=CC(=O)Nc1cccc(CC(=O)NCCN(CC)C(=O)OC(C)(C)C)c1. The molecule has 0 aliphatic rings. The maximum absolute atomic E-state index is 12.1. The Labute approximate surface area is 160 Å². The van der Waals surface area contributed by atoms with E-state index in [4.69, 9.17) is 4.74 Å². The number of benzene rings is 1. The van der Waals surface area contributed by atoms with E-state index in [0.29, 0.717) is 25.3 Å². The van der Waals surface area contributed by atoms with Crippen LogP contribution in [0.3, 0.4) is 0 Å². The largest absolute Gasteiger partial charge is 0.444 e. The molecule has 0 spiro atoms. The molecule has 0 heterocycles. The first kappa shape index (κ1) is 22.2. The highest BCUT2D eigenvalue weighted by Crippen LogP contribution is 2.12. The molecule has 1 rings (SSSR count). The predicted molar refractivity (Wildman–Crippen MR) is 105 cm³/mol. The van der Waals surface area contributed by atoms with Crippen LogP contribution in [-0.2, 0) is 20.7 Å². The second kappa shape index (κ2) is 10.4. The zero-order valence-electron chi connectivity index (χ0n) is 16.5. The number of amides is 3. The van der Waals surface area contributed by atoms with Crippen molar-refractivity contribution in [2.24, 2.45) is 0 Å². The van der Waals surface area contributed by atoms with Gasteiger partial charge in [0.15, 0.2) is 0 Å². The quantitative estimate of drug-likeness (QED) is 0.684. The van der Waals surface area contributed by atoms with Crippen molar-refractivity contribution in [1.82, 2.24) is 10.2 Å². The molecule has 0 unspecified atom stereocenters. The van der Waals surface area contributed by atoms with Crippen LogP contribution < -0.4 is 10.6 Å². The van der Waals surface area contributed by atoms with Crippen LogP contribution in [0.15, 0.2) is 36.9 Å². The lowest BCUT2D eigenvalue weighted by Gasteiger charge is -2.26. The number of hydrogen-bond acceptors (Lipinski definition) is 4. The fraction of sp³-hybridized carbons (Fsp3) is 0.450. The summed E-state index contributed by atoms with van der Waals surface area (Å²) >= 11 is 0. The second-order valence-electron chi connectivity index (χ2n) is 6.98. The first-order chi connectivity index (χ1) is 12.6. The van der Waals surface area contributed by atoms with Gasteiger partial charge in [-0.2, -0.15) is 0 Å². The lowest BCUT2D eigenvalue weighted by Crippen LogP contribution is -2.41. The van der Waals surface area contributed by atoms with Gasteiger partial charge in [-0.3, -0.25) is 9.59 Å². The van der Waals surface area contributed by atoms with Gasteiger partial charge in [0.1, 0.15) is 5.60 Å². The molecule has 0 aliphatic carbocycles. The summed E-state index contributed by atoms with van der Waals surface area (Å²) in [7, 11) is 0. The molecule has 7 nitrogen and oxygen atoms in total. The number of carbonyl (C=O) groups excluding carboxylic acids is 3. The Morgan fingerprint density at radius 3 is 2.56 bits per heavy atom. The first-order valence-electron chi connectivity index (χ1n) is 8.91. The molecule has 0 atom stereocenters. The number of nitrogens with one attached hydrogen (secondary N) is 2. The van der Waals surface area contributed by atoms with Gasteiger partial charge < -0.3 is 20.3 Å². The van der Waals surface area contributed by atoms with Crippen molar-refractivity contribution in [3.8, 4) is 0 Å². The molecule has 148 valence electrons. The Balaban J connectivity index is 2.48. The molecule has 0 radical (unpaired) electrons. The summed E-state index contributed by atoms with van der Waals surface area (Å²) in [5, 5.41) is 5.45. The molecule has 1 aromatic rings. The summed E-state index contributed by atoms with van der Waals surface area (Å²) in [5.41, 5.74) is 0.820. The predicted octanol–water partition coefficient (Wildman–Crippen LogP) is 2.73. The summed E-state index contributed by atoms with van der Waals surface area (Å²) in [6.45, 7) is 11.9. The standard InChI is InChI=1S/C20H29N3O4/c1-6-17(24)22-16-10-8-9-15(13-16)14-18(25)21-11-12-23(7-2)19(26)27-20(3,4)5/h6,8-10,13H,1,7,11-12,14H2,2-5H3,(H,21,25)(H,22,24). The van der Waals surface area contributed by atoms with E-state index in [1.807, 2.05) is 33.8 Å². The van der Waals surface area contributed by atoms with E-state index in [1.165, 1.54) is 11.0 Å². The minimum atomic E-state index is -0.556. The summed E-state index contributed by atoms with van der Waals surface area (Å²) in [6.07, 6.45) is 0.963. The molecule has 2 N–H and O–H groups in total. The van der Waals surface area contributed by atoms with Crippen LogP contribution in [0, 0.1) is 0 Å². The maximum Gasteiger partial charge on any atom is 0.410 e. The Morgan fingerprint density at radius 1 is 1.26 bits per heavy atom. The zero-order chi connectivity index (χ0) is 20.4. The van der Waals surface area contributed by atoms with Crippen LogP contribution in [-0.4, -0.2) is 48.0 Å². The number of nitrogens with zero attached hydrogens (tertiary/aromatic N) is 1. The summed E-state index contributed by atoms with van der Waals surface area (Å²) < 4.78 is 5.33. The van der Waals surface area contributed by atoms with E-state index in [0.717, 1.165) is 5.56 Å². The molecule has 7 heteroatoms. The summed E-state index contributed by atoms with van der Waals surface area (Å²) in [6, 6.07) is 7.05. The highest BCUT2D eigenvalue weighted by molar-refractivity contribution is 5.98. The van der Waals surface area contributed by atoms with Crippen LogP contribution >= 0.6 is 0 Å². The number of anilines is 1. The molecule has 27 heavy (non-hydrogen) atoms. The molecule has 0 aliphatic heterocycles. The van der Waals surface area contributed by atoms with Crippen molar-refractivity contribution >= 4 is 23.6 Å². The Hall–Kier alpha value is -2.83. The van der Waals surface area contributed by atoms with Crippen molar-refractivity contribution in [3.63, 3.8) is 0 Å². The number of carbonyl (C=O) groups is 3. The molecule has 0 bridgehead atoms. The molecular formula is C20H29N3O4. The average molecular weight is 375 g/mol. The van der Waals surface area contributed by atoms with Gasteiger partial charge in [0.05, 0.1) is 6.42 Å². The normalized spacial score (nSPS) is 10.7. The Kier molecular flexibility index (Phi) is 8.51. The summed E-state index contributed by atoms with van der Waals surface area (Å²) in [5.74, 6) is -0.471. The van der Waals surface area contributed by atoms with Crippen LogP contribution in [0.1, 0.15) is 33.3 Å². The van der Waals surface area contributed by atoms with E-state index < -0.39 is 11.7 Å². The zero-order valence-corrected chi connectivity index (χ0v) is 16.5. The van der Waals surface area contributed by atoms with Gasteiger partial charge in [0.2, 0.25) is 11.8 Å². The third kappa shape index (κ3) is 8.89. The minimum Gasteiger partial charge on any atom is -0.444 e. The Morgan fingerprint density at radius 2 is 1.96 bits per heavy atom. The van der Waals surface area contributed by atoms with E-state index >= 15 is 0 Å². The van der Waals surface area contributed by atoms with Crippen LogP contribution in [0.4, 0.5) is 10.5 Å². The van der Waals surface area contributed by atoms with E-state index in [2.05, 4.69) is 17.2 Å². The van der Waals surface area contributed by atoms with Crippen molar-refractivity contribution in [2.75, 3.05) is 25.0 Å². The number of likely N-dealkylation sites (N-methyl/N-ethyl adjacent to an activating group) is 1. The lowest BCUT2D eigenvalue weighted by molar-refractivity contribution is -0.120. The van der Waals surface area contributed by atoms with Crippen LogP contribution in [0.25, 0.3) is 0 Å². The smallest absolute Gasteiger partial charge is 0.410 e. The first-order valence-corrected chi connectivity index (χ1v) is 8.91. The monoisotopic (exact) mass is 375 g/mol. The highest BCUT2D eigenvalue weighted by atomic mass is 16.6. The molecule has 0 saturated heterocycles. The van der Waals surface area contributed by atoms with Gasteiger partial charge in [-0.25, -0.2) is 4.79 Å². The third-order valence-electron chi connectivity index (χ3n) is 3.48. The van der Waals surface area contributed by atoms with E-state index in [-0.39, 0.29) is 18.2 Å². The molecule has 0 saturated carbocycles. The highest BCUT2D eigenvalue weighted by Gasteiger charge is 2.20. The van der Waals surface area contributed by atoms with Gasteiger partial charge in [-0.1, -0.05) is 18.7 Å². The number of ether oxygens (including phenoxy) is 1. The van der Waals surface area contributed by atoms with Crippen molar-refractivity contribution in [2.45, 2.75) is 39.7 Å². The summed E-state index contributed by atoms with van der Waals surface area (Å²) in [4.78, 5) is 37.1. The van der Waals surface area contributed by atoms with Crippen molar-refractivity contribution in [3.05, 3.63) is 42.5 Å². The minimum absolute atomic E-state index is 0.164. The molecular weight excluding hydrogens is 346 g/mol. The van der Waals surface area contributed by atoms with Crippen molar-refractivity contribution < 1.29 is 19.1 Å². The molecule has 3 amide bonds. The maximum atomic E-state index is 12.1. The third-order valence-corrected chi connectivity index (χ3v) is 3.48. The molecule has 1 aromatic carbocycles. The lowest BCUT2D eigenvalue weighted by atomic mass is 10.1. The van der Waals surface area contributed by atoms with Gasteiger partial charge in [-0.15, -0.1) is 0 Å². The van der Waals surface area contributed by atoms with Crippen molar-refractivity contribution in [1.29, 1.82) is 0 Å². The fourth-order valence-corrected chi connectivity index (χ4v) is 2.24. The molecule has 0 fully saturated rings. The van der Waals surface area contributed by atoms with Gasteiger partial charge in [0.25, 0.3) is 0 Å². The second-order valence-corrected chi connectivity index (χ2v) is 6.98. The fourth-order valence-electron chi connectivity index (χ4n) is 2.24. The van der Waals surface area contributed by atoms with E-state index in [1.54, 1.807) is 18.2 Å². The average Bonchev–Trinajstić information content (AvgIpc) is 2.57.